The number of ether oxygens (including phenoxy) is 1. The number of nitrogens with one attached hydrogen (secondary N) is 1. The van der Waals surface area contributed by atoms with Gasteiger partial charge in [-0.15, -0.1) is 0 Å². The highest BCUT2D eigenvalue weighted by Crippen LogP contribution is 2.06. The minimum Gasteiger partial charge on any atom is -0.394 e. The summed E-state index contributed by atoms with van der Waals surface area (Å²) in [5, 5.41) is 12.2. The Labute approximate surface area is 68.8 Å². The van der Waals surface area contributed by atoms with Crippen LogP contribution in [0.2, 0.25) is 0 Å². The first kappa shape index (κ1) is 10.9. The summed E-state index contributed by atoms with van der Waals surface area (Å²) >= 11 is 0. The van der Waals surface area contributed by atoms with Gasteiger partial charge in [-0.2, -0.15) is 0 Å². The van der Waals surface area contributed by atoms with Crippen molar-refractivity contribution < 1.29 is 9.84 Å². The monoisotopic (exact) mass is 161 g/mol. The van der Waals surface area contributed by atoms with Gasteiger partial charge in [0.15, 0.2) is 0 Å². The van der Waals surface area contributed by atoms with Crippen LogP contribution in [0, 0.1) is 0 Å². The van der Waals surface area contributed by atoms with Crippen molar-refractivity contribution in [3.8, 4) is 0 Å². The predicted molar refractivity (Wildman–Crippen MR) is 45.7 cm³/mol. The van der Waals surface area contributed by atoms with Crippen LogP contribution in [0.25, 0.3) is 0 Å². The molecule has 0 bridgehead atoms. The third-order valence-electron chi connectivity index (χ3n) is 1.99. The molecule has 0 aliphatic carbocycles. The van der Waals surface area contributed by atoms with Crippen molar-refractivity contribution in [2.24, 2.45) is 0 Å². The molecule has 0 saturated carbocycles. The van der Waals surface area contributed by atoms with E-state index in [9.17, 15) is 0 Å². The van der Waals surface area contributed by atoms with Crippen LogP contribution in [0.15, 0.2) is 0 Å². The first-order chi connectivity index (χ1) is 5.18. The number of hydrogen-bond acceptors (Lipinski definition) is 3. The lowest BCUT2D eigenvalue weighted by molar-refractivity contribution is 0.145. The highest BCUT2D eigenvalue weighted by molar-refractivity contribution is 4.79. The van der Waals surface area contributed by atoms with Crippen molar-refractivity contribution in [2.45, 2.75) is 25.8 Å². The van der Waals surface area contributed by atoms with Crippen molar-refractivity contribution in [3.63, 3.8) is 0 Å². The standard InChI is InChI=1S/C8H19NO2/c1-4-8(2,7-10)9-5-6-11-3/h9-10H,4-7H2,1-3H3. The molecule has 0 heterocycles. The van der Waals surface area contributed by atoms with Crippen LogP contribution in [0.1, 0.15) is 20.3 Å². The SMILES string of the molecule is CCC(C)(CO)NCCOC. The van der Waals surface area contributed by atoms with E-state index in [1.54, 1.807) is 7.11 Å². The Kier molecular flexibility index (Phi) is 5.46. The van der Waals surface area contributed by atoms with Gasteiger partial charge in [0.25, 0.3) is 0 Å². The molecule has 0 rings (SSSR count). The van der Waals surface area contributed by atoms with E-state index < -0.39 is 0 Å². The molecule has 3 heteroatoms. The zero-order chi connectivity index (χ0) is 8.74. The van der Waals surface area contributed by atoms with Crippen molar-refractivity contribution in [3.05, 3.63) is 0 Å². The van der Waals surface area contributed by atoms with E-state index in [0.717, 1.165) is 13.0 Å². The van der Waals surface area contributed by atoms with Gasteiger partial charge in [0.1, 0.15) is 0 Å². The van der Waals surface area contributed by atoms with Gasteiger partial charge in [0.05, 0.1) is 13.2 Å². The Morgan fingerprint density at radius 3 is 2.55 bits per heavy atom. The maximum Gasteiger partial charge on any atom is 0.0610 e. The van der Waals surface area contributed by atoms with Gasteiger partial charge in [-0.3, -0.25) is 0 Å². The highest BCUT2D eigenvalue weighted by atomic mass is 16.5. The third kappa shape index (κ3) is 4.35. The summed E-state index contributed by atoms with van der Waals surface area (Å²) in [7, 11) is 1.67. The van der Waals surface area contributed by atoms with Crippen LogP contribution in [-0.2, 0) is 4.74 Å². The van der Waals surface area contributed by atoms with Crippen LogP contribution in [-0.4, -0.2) is 37.5 Å². The van der Waals surface area contributed by atoms with E-state index in [4.69, 9.17) is 9.84 Å². The predicted octanol–water partition coefficient (Wildman–Crippen LogP) is 0.383. The van der Waals surface area contributed by atoms with Gasteiger partial charge < -0.3 is 15.2 Å². The maximum absolute atomic E-state index is 8.98. The fourth-order valence-electron chi connectivity index (χ4n) is 0.748. The van der Waals surface area contributed by atoms with Gasteiger partial charge >= 0.3 is 0 Å². The number of methoxy groups -OCH3 is 1. The summed E-state index contributed by atoms with van der Waals surface area (Å²) in [5.41, 5.74) is -0.140. The lowest BCUT2D eigenvalue weighted by Gasteiger charge is -2.27. The molecule has 0 radical (unpaired) electrons. The van der Waals surface area contributed by atoms with Crippen LogP contribution >= 0.6 is 0 Å². The van der Waals surface area contributed by atoms with E-state index in [1.807, 2.05) is 6.92 Å². The molecule has 0 aromatic rings. The zero-order valence-electron chi connectivity index (χ0n) is 7.68. The summed E-state index contributed by atoms with van der Waals surface area (Å²) in [5.74, 6) is 0. The van der Waals surface area contributed by atoms with Gasteiger partial charge in [-0.25, -0.2) is 0 Å². The molecule has 1 unspecified atom stereocenters. The molecule has 1 atom stereocenters. The Bertz CT molecular complexity index is 92.1. The summed E-state index contributed by atoms with van der Waals surface area (Å²) in [6.45, 7) is 5.71. The molecule has 0 aromatic heterocycles. The lowest BCUT2D eigenvalue weighted by Crippen LogP contribution is -2.46. The number of aliphatic hydroxyl groups is 1. The molecule has 0 aliphatic rings. The van der Waals surface area contributed by atoms with Crippen molar-refractivity contribution in [1.82, 2.24) is 5.32 Å². The van der Waals surface area contributed by atoms with Gasteiger partial charge in [0, 0.05) is 19.2 Å². The highest BCUT2D eigenvalue weighted by Gasteiger charge is 2.18. The average Bonchev–Trinajstić information content (AvgIpc) is 2.05. The maximum atomic E-state index is 8.98. The molecular formula is C8H19NO2. The van der Waals surface area contributed by atoms with Crippen LogP contribution < -0.4 is 5.32 Å². The molecule has 0 aliphatic heterocycles. The molecule has 68 valence electrons. The van der Waals surface area contributed by atoms with E-state index >= 15 is 0 Å². The van der Waals surface area contributed by atoms with Crippen LogP contribution in [0.3, 0.4) is 0 Å². The van der Waals surface area contributed by atoms with Gasteiger partial charge in [-0.1, -0.05) is 6.92 Å². The smallest absolute Gasteiger partial charge is 0.0610 e. The summed E-state index contributed by atoms with van der Waals surface area (Å²) in [6, 6.07) is 0. The van der Waals surface area contributed by atoms with E-state index in [2.05, 4.69) is 12.2 Å². The molecule has 0 amide bonds. The van der Waals surface area contributed by atoms with Crippen LogP contribution in [0.5, 0.6) is 0 Å². The number of rotatable bonds is 6. The molecular weight excluding hydrogens is 142 g/mol. The van der Waals surface area contributed by atoms with Gasteiger partial charge in [0.2, 0.25) is 0 Å². The average molecular weight is 161 g/mol. The molecule has 0 saturated heterocycles. The quantitative estimate of drug-likeness (QED) is 0.553. The minimum absolute atomic E-state index is 0.140. The molecule has 3 nitrogen and oxygen atoms in total. The third-order valence-corrected chi connectivity index (χ3v) is 1.99. The number of aliphatic hydroxyl groups excluding tert-OH is 1. The molecule has 0 spiro atoms. The number of hydrogen-bond donors (Lipinski definition) is 2. The Hall–Kier alpha value is -0.120. The van der Waals surface area contributed by atoms with Crippen molar-refractivity contribution in [2.75, 3.05) is 26.9 Å². The molecule has 0 aromatic carbocycles. The van der Waals surface area contributed by atoms with E-state index in [1.165, 1.54) is 0 Å². The van der Waals surface area contributed by atoms with E-state index in [-0.39, 0.29) is 12.1 Å². The van der Waals surface area contributed by atoms with Crippen molar-refractivity contribution >= 4 is 0 Å². The zero-order valence-corrected chi connectivity index (χ0v) is 7.68. The second-order valence-electron chi connectivity index (χ2n) is 2.99. The Balaban J connectivity index is 3.51. The first-order valence-corrected chi connectivity index (χ1v) is 4.03. The second kappa shape index (κ2) is 5.52. The normalized spacial score (nSPS) is 16.4. The fraction of sp³-hybridized carbons (Fsp3) is 1.00. The minimum atomic E-state index is -0.140. The Morgan fingerprint density at radius 1 is 1.55 bits per heavy atom. The van der Waals surface area contributed by atoms with Crippen molar-refractivity contribution in [1.29, 1.82) is 0 Å². The Morgan fingerprint density at radius 2 is 2.18 bits per heavy atom. The second-order valence-corrected chi connectivity index (χ2v) is 2.99. The summed E-state index contributed by atoms with van der Waals surface area (Å²) in [4.78, 5) is 0. The lowest BCUT2D eigenvalue weighted by atomic mass is 10.0. The summed E-state index contributed by atoms with van der Waals surface area (Å²) in [6.07, 6.45) is 0.924. The first-order valence-electron chi connectivity index (χ1n) is 4.03. The largest absolute Gasteiger partial charge is 0.394 e. The summed E-state index contributed by atoms with van der Waals surface area (Å²) < 4.78 is 4.88. The van der Waals surface area contributed by atoms with Crippen LogP contribution in [0.4, 0.5) is 0 Å². The topological polar surface area (TPSA) is 41.5 Å². The van der Waals surface area contributed by atoms with Gasteiger partial charge in [-0.05, 0) is 13.3 Å². The molecule has 0 fully saturated rings. The van der Waals surface area contributed by atoms with E-state index in [0.29, 0.717) is 6.61 Å². The fourth-order valence-corrected chi connectivity index (χ4v) is 0.748. The molecule has 2 N–H and O–H groups in total. The molecule has 11 heavy (non-hydrogen) atoms.